The Labute approximate surface area is 96.9 Å². The summed E-state index contributed by atoms with van der Waals surface area (Å²) in [4.78, 5) is 0. The Morgan fingerprint density at radius 3 is 2.40 bits per heavy atom. The first kappa shape index (κ1) is 11.2. The van der Waals surface area contributed by atoms with Crippen LogP contribution in [0.5, 0.6) is 0 Å². The molecule has 1 N–H and O–H groups in total. The van der Waals surface area contributed by atoms with Gasteiger partial charge in [0.2, 0.25) is 0 Å². The predicted molar refractivity (Wildman–Crippen MR) is 67.4 cm³/mol. The second-order valence-electron chi connectivity index (χ2n) is 5.71. The molecule has 1 aromatic rings. The Kier molecular flexibility index (Phi) is 2.68. The molecule has 1 aliphatic carbocycles. The first-order valence-corrected chi connectivity index (χ1v) is 6.65. The van der Waals surface area contributed by atoms with Gasteiger partial charge in [0, 0.05) is 6.04 Å². The van der Waals surface area contributed by atoms with E-state index < -0.39 is 0 Å². The lowest BCUT2D eigenvalue weighted by atomic mass is 10.0. The van der Waals surface area contributed by atoms with Crippen LogP contribution in [0.4, 0.5) is 0 Å². The third-order valence-electron chi connectivity index (χ3n) is 4.36. The van der Waals surface area contributed by atoms with E-state index in [0.29, 0.717) is 16.9 Å². The van der Waals surface area contributed by atoms with Crippen LogP contribution in [0.15, 0.2) is 16.8 Å². The second-order valence-corrected chi connectivity index (χ2v) is 6.49. The highest BCUT2D eigenvalue weighted by Crippen LogP contribution is 2.62. The zero-order chi connectivity index (χ0) is 11.1. The molecule has 84 valence electrons. The molecular formula is C13H21NS. The molecular weight excluding hydrogens is 202 g/mol. The molecule has 0 atom stereocenters. The van der Waals surface area contributed by atoms with Gasteiger partial charge in [-0.05, 0) is 46.2 Å². The van der Waals surface area contributed by atoms with Gasteiger partial charge in [-0.25, -0.2) is 0 Å². The Balaban J connectivity index is 1.77. The molecule has 0 radical (unpaired) electrons. The molecule has 0 bridgehead atoms. The fraction of sp³-hybridized carbons (Fsp3) is 0.692. The first-order chi connectivity index (χ1) is 6.96. The molecule has 1 nitrogen and oxygen atoms in total. The van der Waals surface area contributed by atoms with Gasteiger partial charge in [0.1, 0.15) is 0 Å². The zero-order valence-electron chi connectivity index (χ0n) is 10.1. The molecule has 2 rings (SSSR count). The zero-order valence-corrected chi connectivity index (χ0v) is 10.9. The van der Waals surface area contributed by atoms with Crippen LogP contribution in [-0.4, -0.2) is 12.6 Å². The molecule has 0 unspecified atom stereocenters. The molecule has 1 saturated carbocycles. The van der Waals surface area contributed by atoms with Crippen molar-refractivity contribution in [2.75, 3.05) is 6.54 Å². The lowest BCUT2D eigenvalue weighted by Crippen LogP contribution is -2.24. The lowest BCUT2D eigenvalue weighted by Gasteiger charge is -2.05. The van der Waals surface area contributed by atoms with Gasteiger partial charge in [-0.15, -0.1) is 0 Å². The van der Waals surface area contributed by atoms with Gasteiger partial charge in [-0.2, -0.15) is 11.3 Å². The molecule has 1 aromatic heterocycles. The highest BCUT2D eigenvalue weighted by atomic mass is 32.1. The van der Waals surface area contributed by atoms with E-state index in [1.54, 1.807) is 11.3 Å². The van der Waals surface area contributed by atoms with Crippen molar-refractivity contribution < 1.29 is 0 Å². The van der Waals surface area contributed by atoms with Crippen LogP contribution < -0.4 is 5.32 Å². The topological polar surface area (TPSA) is 12.0 Å². The van der Waals surface area contributed by atoms with Gasteiger partial charge in [-0.1, -0.05) is 27.7 Å². The fourth-order valence-electron chi connectivity index (χ4n) is 2.50. The summed E-state index contributed by atoms with van der Waals surface area (Å²) in [5.74, 6) is 0. The molecule has 1 heterocycles. The molecule has 0 saturated heterocycles. The van der Waals surface area contributed by atoms with Gasteiger partial charge >= 0.3 is 0 Å². The largest absolute Gasteiger partial charge is 0.313 e. The van der Waals surface area contributed by atoms with E-state index in [1.807, 2.05) is 0 Å². The van der Waals surface area contributed by atoms with E-state index in [9.17, 15) is 0 Å². The lowest BCUT2D eigenvalue weighted by molar-refractivity contribution is 0.457. The fourth-order valence-corrected chi connectivity index (χ4v) is 3.21. The monoisotopic (exact) mass is 223 g/mol. The quantitative estimate of drug-likeness (QED) is 0.825. The van der Waals surface area contributed by atoms with Crippen LogP contribution in [-0.2, 0) is 6.42 Å². The maximum atomic E-state index is 3.68. The average Bonchev–Trinajstić information content (AvgIpc) is 2.62. The standard InChI is InChI=1S/C13H21NS/c1-12(2)11(13(12,3)4)14-7-5-10-6-8-15-9-10/h6,8-9,11,14H,5,7H2,1-4H3. The summed E-state index contributed by atoms with van der Waals surface area (Å²) in [7, 11) is 0. The van der Waals surface area contributed by atoms with Crippen molar-refractivity contribution >= 4 is 11.3 Å². The van der Waals surface area contributed by atoms with Gasteiger partial charge in [-0.3, -0.25) is 0 Å². The molecule has 0 aromatic carbocycles. The van der Waals surface area contributed by atoms with Crippen molar-refractivity contribution in [3.63, 3.8) is 0 Å². The maximum absolute atomic E-state index is 3.68. The van der Waals surface area contributed by atoms with Gasteiger partial charge in [0.15, 0.2) is 0 Å². The molecule has 0 spiro atoms. The second kappa shape index (κ2) is 3.60. The minimum atomic E-state index is 0.460. The van der Waals surface area contributed by atoms with Crippen LogP contribution in [0.25, 0.3) is 0 Å². The summed E-state index contributed by atoms with van der Waals surface area (Å²) in [6.45, 7) is 10.5. The van der Waals surface area contributed by atoms with E-state index in [2.05, 4.69) is 49.8 Å². The van der Waals surface area contributed by atoms with Crippen molar-refractivity contribution in [3.05, 3.63) is 22.4 Å². The number of hydrogen-bond acceptors (Lipinski definition) is 2. The van der Waals surface area contributed by atoms with Gasteiger partial charge in [0.25, 0.3) is 0 Å². The van der Waals surface area contributed by atoms with E-state index in [1.165, 1.54) is 5.56 Å². The van der Waals surface area contributed by atoms with Crippen LogP contribution in [0.1, 0.15) is 33.3 Å². The summed E-state index contributed by atoms with van der Waals surface area (Å²) < 4.78 is 0. The third-order valence-corrected chi connectivity index (χ3v) is 5.10. The van der Waals surface area contributed by atoms with Gasteiger partial charge in [0.05, 0.1) is 0 Å². The number of rotatable bonds is 4. The van der Waals surface area contributed by atoms with Crippen LogP contribution in [0.2, 0.25) is 0 Å². The molecule has 1 aliphatic rings. The van der Waals surface area contributed by atoms with Crippen LogP contribution in [0, 0.1) is 10.8 Å². The van der Waals surface area contributed by atoms with E-state index in [4.69, 9.17) is 0 Å². The minimum Gasteiger partial charge on any atom is -0.313 e. The highest BCUT2D eigenvalue weighted by Gasteiger charge is 2.64. The van der Waals surface area contributed by atoms with Gasteiger partial charge < -0.3 is 5.32 Å². The summed E-state index contributed by atoms with van der Waals surface area (Å²) >= 11 is 1.79. The first-order valence-electron chi connectivity index (χ1n) is 5.71. The van der Waals surface area contributed by atoms with Crippen molar-refractivity contribution in [3.8, 4) is 0 Å². The van der Waals surface area contributed by atoms with E-state index in [0.717, 1.165) is 13.0 Å². The van der Waals surface area contributed by atoms with Crippen molar-refractivity contribution in [2.45, 2.75) is 40.2 Å². The number of nitrogens with one attached hydrogen (secondary N) is 1. The van der Waals surface area contributed by atoms with Crippen molar-refractivity contribution in [1.29, 1.82) is 0 Å². The molecule has 2 heteroatoms. The summed E-state index contributed by atoms with van der Waals surface area (Å²) in [6, 6.07) is 2.90. The van der Waals surface area contributed by atoms with E-state index in [-0.39, 0.29) is 0 Å². The Bertz CT molecular complexity index is 310. The van der Waals surface area contributed by atoms with Crippen molar-refractivity contribution in [2.24, 2.45) is 10.8 Å². The Hall–Kier alpha value is -0.340. The molecule has 0 amide bonds. The maximum Gasteiger partial charge on any atom is 0.0181 e. The number of hydrogen-bond donors (Lipinski definition) is 1. The summed E-state index contributed by atoms with van der Waals surface area (Å²) in [5.41, 5.74) is 2.38. The molecule has 1 fully saturated rings. The average molecular weight is 223 g/mol. The van der Waals surface area contributed by atoms with E-state index >= 15 is 0 Å². The smallest absolute Gasteiger partial charge is 0.0181 e. The Morgan fingerprint density at radius 2 is 1.93 bits per heavy atom. The van der Waals surface area contributed by atoms with Crippen molar-refractivity contribution in [1.82, 2.24) is 5.32 Å². The van der Waals surface area contributed by atoms with Crippen LogP contribution in [0.3, 0.4) is 0 Å². The molecule has 15 heavy (non-hydrogen) atoms. The predicted octanol–water partition coefficient (Wildman–Crippen LogP) is 3.31. The van der Waals surface area contributed by atoms with Crippen LogP contribution >= 0.6 is 11.3 Å². The molecule has 0 aliphatic heterocycles. The third kappa shape index (κ3) is 1.85. The number of thiophene rings is 1. The normalized spacial score (nSPS) is 22.9. The Morgan fingerprint density at radius 1 is 1.27 bits per heavy atom. The summed E-state index contributed by atoms with van der Waals surface area (Å²) in [6.07, 6.45) is 1.16. The summed E-state index contributed by atoms with van der Waals surface area (Å²) in [5, 5.41) is 8.07. The minimum absolute atomic E-state index is 0.460. The highest BCUT2D eigenvalue weighted by molar-refractivity contribution is 7.07. The SMILES string of the molecule is CC1(C)C(NCCc2ccsc2)C1(C)C.